The molecule has 0 bridgehead atoms. The van der Waals surface area contributed by atoms with Crippen molar-refractivity contribution in [2.24, 2.45) is 7.05 Å². The number of benzene rings is 1. The van der Waals surface area contributed by atoms with E-state index in [1.165, 1.54) is 0 Å². The Morgan fingerprint density at radius 2 is 1.97 bits per heavy atom. The van der Waals surface area contributed by atoms with Crippen LogP contribution in [0.1, 0.15) is 12.5 Å². The Morgan fingerprint density at radius 1 is 1.09 bits per heavy atom. The molecule has 1 N–H and O–H groups in total. The number of aryl methyl sites for hydroxylation is 2. The first kappa shape index (κ1) is 19.9. The first-order valence-corrected chi connectivity index (χ1v) is 11.2. The van der Waals surface area contributed by atoms with Crippen molar-refractivity contribution in [2.75, 3.05) is 24.7 Å². The van der Waals surface area contributed by atoms with Crippen LogP contribution in [0.4, 0.5) is 5.82 Å². The average Bonchev–Trinajstić information content (AvgIpc) is 3.41. The molecule has 0 spiro atoms. The SMILES string of the molecule is Cc1cnn(C)c1-c1ccc2nc(-c3c[nH]c4ccccc34)nc(N3CCOC[C@H]3C)c2n1. The quantitative estimate of drug-likeness (QED) is 0.455. The lowest BCUT2D eigenvalue weighted by atomic mass is 10.1. The zero-order valence-electron chi connectivity index (χ0n) is 18.9. The van der Waals surface area contributed by atoms with Crippen molar-refractivity contribution in [2.45, 2.75) is 19.9 Å². The molecular formula is C25H25N7O. The van der Waals surface area contributed by atoms with E-state index in [2.05, 4.69) is 41.0 Å². The summed E-state index contributed by atoms with van der Waals surface area (Å²) in [7, 11) is 1.94. The molecule has 0 saturated carbocycles. The molecule has 1 aliphatic rings. The maximum Gasteiger partial charge on any atom is 0.164 e. The van der Waals surface area contributed by atoms with Crippen LogP contribution in [0.5, 0.6) is 0 Å². The molecule has 1 atom stereocenters. The summed E-state index contributed by atoms with van der Waals surface area (Å²) in [6.07, 6.45) is 3.85. The van der Waals surface area contributed by atoms with E-state index < -0.39 is 0 Å². The number of rotatable bonds is 3. The number of para-hydroxylation sites is 1. The van der Waals surface area contributed by atoms with Crippen LogP contribution in [0.2, 0.25) is 0 Å². The first-order chi connectivity index (χ1) is 16.1. The van der Waals surface area contributed by atoms with Crippen LogP contribution in [0.15, 0.2) is 48.8 Å². The lowest BCUT2D eigenvalue weighted by Crippen LogP contribution is -2.44. The molecule has 1 saturated heterocycles. The second-order valence-electron chi connectivity index (χ2n) is 8.60. The fraction of sp³-hybridized carbons (Fsp3) is 0.280. The van der Waals surface area contributed by atoms with E-state index in [1.54, 1.807) is 0 Å². The van der Waals surface area contributed by atoms with E-state index in [4.69, 9.17) is 19.7 Å². The molecule has 0 amide bonds. The molecule has 1 fully saturated rings. The molecule has 5 aromatic rings. The van der Waals surface area contributed by atoms with Gasteiger partial charge >= 0.3 is 0 Å². The predicted molar refractivity (Wildman–Crippen MR) is 129 cm³/mol. The van der Waals surface area contributed by atoms with Crippen molar-refractivity contribution in [3.63, 3.8) is 0 Å². The first-order valence-electron chi connectivity index (χ1n) is 11.2. The van der Waals surface area contributed by atoms with Crippen LogP contribution in [0.25, 0.3) is 44.7 Å². The molecule has 5 heterocycles. The molecule has 4 aromatic heterocycles. The molecule has 8 heteroatoms. The number of nitrogens with one attached hydrogen (secondary N) is 1. The van der Waals surface area contributed by atoms with E-state index in [0.29, 0.717) is 19.0 Å². The van der Waals surface area contributed by atoms with Crippen molar-refractivity contribution in [3.05, 3.63) is 54.4 Å². The largest absolute Gasteiger partial charge is 0.377 e. The van der Waals surface area contributed by atoms with Crippen LogP contribution in [0, 0.1) is 6.92 Å². The summed E-state index contributed by atoms with van der Waals surface area (Å²) in [6.45, 7) is 6.30. The third-order valence-electron chi connectivity index (χ3n) is 6.36. The number of nitrogens with zero attached hydrogens (tertiary/aromatic N) is 6. The highest BCUT2D eigenvalue weighted by Gasteiger charge is 2.25. The summed E-state index contributed by atoms with van der Waals surface area (Å²) in [5, 5.41) is 5.49. The summed E-state index contributed by atoms with van der Waals surface area (Å²) in [5.41, 5.74) is 6.62. The van der Waals surface area contributed by atoms with Gasteiger partial charge in [0.05, 0.1) is 42.4 Å². The minimum absolute atomic E-state index is 0.191. The average molecular weight is 440 g/mol. The fourth-order valence-corrected chi connectivity index (χ4v) is 4.66. The number of aromatic amines is 1. The highest BCUT2D eigenvalue weighted by molar-refractivity contribution is 5.96. The second kappa shape index (κ2) is 7.67. The Kier molecular flexibility index (Phi) is 4.62. The van der Waals surface area contributed by atoms with Gasteiger partial charge in [-0.3, -0.25) is 4.68 Å². The third-order valence-corrected chi connectivity index (χ3v) is 6.36. The third kappa shape index (κ3) is 3.25. The molecule has 0 unspecified atom stereocenters. The van der Waals surface area contributed by atoms with Gasteiger partial charge < -0.3 is 14.6 Å². The van der Waals surface area contributed by atoms with Gasteiger partial charge in [0.1, 0.15) is 5.52 Å². The number of H-pyrrole nitrogens is 1. The van der Waals surface area contributed by atoms with Crippen molar-refractivity contribution < 1.29 is 4.74 Å². The molecule has 0 aliphatic carbocycles. The number of ether oxygens (including phenoxy) is 1. The van der Waals surface area contributed by atoms with Crippen LogP contribution in [-0.2, 0) is 11.8 Å². The van der Waals surface area contributed by atoms with E-state index in [1.807, 2.05) is 48.4 Å². The van der Waals surface area contributed by atoms with Crippen molar-refractivity contribution in [1.29, 1.82) is 0 Å². The summed E-state index contributed by atoms with van der Waals surface area (Å²) in [6, 6.07) is 12.5. The molecule has 0 radical (unpaired) electrons. The smallest absolute Gasteiger partial charge is 0.164 e. The number of fused-ring (bicyclic) bond motifs is 2. The van der Waals surface area contributed by atoms with Gasteiger partial charge in [-0.15, -0.1) is 0 Å². The molecule has 33 heavy (non-hydrogen) atoms. The molecular weight excluding hydrogens is 414 g/mol. The number of hydrogen-bond acceptors (Lipinski definition) is 6. The number of morpholine rings is 1. The number of pyridine rings is 1. The summed E-state index contributed by atoms with van der Waals surface area (Å²) >= 11 is 0. The normalized spacial score (nSPS) is 16.7. The highest BCUT2D eigenvalue weighted by Crippen LogP contribution is 2.33. The second-order valence-corrected chi connectivity index (χ2v) is 8.60. The lowest BCUT2D eigenvalue weighted by molar-refractivity contribution is 0.0987. The zero-order chi connectivity index (χ0) is 22.5. The van der Waals surface area contributed by atoms with Crippen molar-refractivity contribution in [1.82, 2.24) is 29.7 Å². The maximum atomic E-state index is 5.70. The Labute approximate surface area is 191 Å². The maximum absolute atomic E-state index is 5.70. The highest BCUT2D eigenvalue weighted by atomic mass is 16.5. The van der Waals surface area contributed by atoms with Gasteiger partial charge in [0.15, 0.2) is 11.6 Å². The topological polar surface area (TPSA) is 84.8 Å². The number of anilines is 1. The Balaban J connectivity index is 1.59. The van der Waals surface area contributed by atoms with Gasteiger partial charge in [-0.05, 0) is 37.6 Å². The van der Waals surface area contributed by atoms with Gasteiger partial charge in [0.25, 0.3) is 0 Å². The zero-order valence-corrected chi connectivity index (χ0v) is 18.9. The monoisotopic (exact) mass is 439 g/mol. The van der Waals surface area contributed by atoms with Gasteiger partial charge in [-0.1, -0.05) is 18.2 Å². The summed E-state index contributed by atoms with van der Waals surface area (Å²) in [4.78, 5) is 20.7. The Bertz CT molecular complexity index is 1470. The van der Waals surface area contributed by atoms with E-state index in [-0.39, 0.29) is 6.04 Å². The van der Waals surface area contributed by atoms with E-state index in [9.17, 15) is 0 Å². The van der Waals surface area contributed by atoms with Crippen molar-refractivity contribution >= 4 is 27.8 Å². The Morgan fingerprint density at radius 3 is 2.79 bits per heavy atom. The molecule has 1 aromatic carbocycles. The Hall–Kier alpha value is -3.78. The van der Waals surface area contributed by atoms with Gasteiger partial charge in [-0.2, -0.15) is 5.10 Å². The number of hydrogen-bond donors (Lipinski definition) is 1. The standard InChI is InChI=1S/C25H25N7O/c1-15-12-27-31(3)23(15)21-9-8-20-22(28-21)25(32-10-11-33-14-16(32)2)30-24(29-20)18-13-26-19-7-5-4-6-17(18)19/h4-9,12-13,16,26H,10-11,14H2,1-3H3/t16-/m1/s1. The summed E-state index contributed by atoms with van der Waals surface area (Å²) < 4.78 is 7.56. The minimum Gasteiger partial charge on any atom is -0.377 e. The van der Waals surface area contributed by atoms with Gasteiger partial charge in [0, 0.05) is 36.3 Å². The molecule has 6 rings (SSSR count). The van der Waals surface area contributed by atoms with Crippen LogP contribution < -0.4 is 4.90 Å². The number of aromatic nitrogens is 6. The summed E-state index contributed by atoms with van der Waals surface area (Å²) in [5.74, 6) is 1.54. The molecule has 166 valence electrons. The van der Waals surface area contributed by atoms with Crippen LogP contribution in [-0.4, -0.2) is 55.5 Å². The lowest BCUT2D eigenvalue weighted by Gasteiger charge is -2.34. The fourth-order valence-electron chi connectivity index (χ4n) is 4.66. The van der Waals surface area contributed by atoms with E-state index >= 15 is 0 Å². The van der Waals surface area contributed by atoms with Gasteiger partial charge in [0.2, 0.25) is 0 Å². The van der Waals surface area contributed by atoms with Gasteiger partial charge in [-0.25, -0.2) is 15.0 Å². The van der Waals surface area contributed by atoms with Crippen LogP contribution >= 0.6 is 0 Å². The predicted octanol–water partition coefficient (Wildman–Crippen LogP) is 4.11. The molecule has 8 nitrogen and oxygen atoms in total. The van der Waals surface area contributed by atoms with Crippen molar-refractivity contribution in [3.8, 4) is 22.8 Å². The van der Waals surface area contributed by atoms with E-state index in [0.717, 1.165) is 56.8 Å². The minimum atomic E-state index is 0.191. The molecule has 1 aliphatic heterocycles. The van der Waals surface area contributed by atoms with Crippen LogP contribution in [0.3, 0.4) is 0 Å².